The van der Waals surface area contributed by atoms with Gasteiger partial charge in [-0.15, -0.1) is 0 Å². The fraction of sp³-hybridized carbons (Fsp3) is 0.344. The van der Waals surface area contributed by atoms with E-state index >= 15 is 0 Å². The van der Waals surface area contributed by atoms with Crippen LogP contribution in [0.2, 0.25) is 0 Å². The summed E-state index contributed by atoms with van der Waals surface area (Å²) in [4.78, 5) is 34.6. The van der Waals surface area contributed by atoms with Gasteiger partial charge in [0, 0.05) is 39.0 Å². The molecule has 3 heterocycles. The van der Waals surface area contributed by atoms with Crippen molar-refractivity contribution in [3.05, 3.63) is 83.3 Å². The molecule has 0 bridgehead atoms. The number of aliphatic hydroxyl groups is 1. The van der Waals surface area contributed by atoms with Gasteiger partial charge in [-0.2, -0.15) is 9.97 Å². The van der Waals surface area contributed by atoms with Gasteiger partial charge in [0.1, 0.15) is 23.1 Å². The van der Waals surface area contributed by atoms with Crippen molar-refractivity contribution in [2.24, 2.45) is 5.92 Å². The molecule has 12 nitrogen and oxygen atoms in total. The molecular weight excluding hydrogens is 562 g/mol. The first kappa shape index (κ1) is 30.6. The highest BCUT2D eigenvalue weighted by Gasteiger charge is 2.23. The summed E-state index contributed by atoms with van der Waals surface area (Å²) >= 11 is 0. The number of nitrogens with zero attached hydrogens (tertiary/aromatic N) is 6. The number of hydrogen-bond acceptors (Lipinski definition) is 10. The Bertz CT molecular complexity index is 1520. The summed E-state index contributed by atoms with van der Waals surface area (Å²) in [7, 11) is 3.27. The maximum Gasteiger partial charge on any atom is 0.410 e. The average Bonchev–Trinajstić information content (AvgIpc) is 3.49. The zero-order valence-electron chi connectivity index (χ0n) is 25.1. The molecule has 230 valence electrons. The van der Waals surface area contributed by atoms with Crippen LogP contribution in [-0.2, 0) is 19.6 Å². The van der Waals surface area contributed by atoms with Crippen molar-refractivity contribution in [1.82, 2.24) is 24.8 Å². The summed E-state index contributed by atoms with van der Waals surface area (Å²) < 4.78 is 10.7. The molecule has 1 amide bonds. The standard InChI is InChI=1S/C32H37N7O5/c1-21-34-30(28-14-25(15-33-29(28)37-32(41)42)17-38-13-12-24(16-38)20-40)36-31(35-21)39(18-22-4-8-26(43-2)9-5-22)19-23-6-10-27(44-3)11-7-23/h4-11,14-15,24,40H,12-13,16-20H2,1-3H3,(H,33,37)(H,41,42)/t24-/m1/s1. The number of anilines is 2. The number of rotatable bonds is 12. The van der Waals surface area contributed by atoms with E-state index in [0.717, 1.165) is 47.7 Å². The second-order valence-corrected chi connectivity index (χ2v) is 10.8. The van der Waals surface area contributed by atoms with Gasteiger partial charge in [0.05, 0.1) is 19.8 Å². The van der Waals surface area contributed by atoms with Gasteiger partial charge in [0.25, 0.3) is 0 Å². The summed E-state index contributed by atoms with van der Waals surface area (Å²) in [5, 5.41) is 21.5. The number of methoxy groups -OCH3 is 2. The molecule has 0 radical (unpaired) electrons. The van der Waals surface area contributed by atoms with Crippen LogP contribution in [0.5, 0.6) is 11.5 Å². The van der Waals surface area contributed by atoms with E-state index in [0.29, 0.717) is 42.8 Å². The average molecular weight is 600 g/mol. The number of likely N-dealkylation sites (tertiary alicyclic amines) is 1. The van der Waals surface area contributed by atoms with Crippen molar-refractivity contribution in [3.63, 3.8) is 0 Å². The molecule has 0 saturated carbocycles. The van der Waals surface area contributed by atoms with Gasteiger partial charge in [-0.05, 0) is 72.8 Å². The van der Waals surface area contributed by atoms with E-state index in [4.69, 9.17) is 19.4 Å². The van der Waals surface area contributed by atoms with Crippen molar-refractivity contribution < 1.29 is 24.5 Å². The van der Waals surface area contributed by atoms with Crippen LogP contribution in [0, 0.1) is 12.8 Å². The van der Waals surface area contributed by atoms with Crippen LogP contribution in [0.25, 0.3) is 11.4 Å². The molecular formula is C32H37N7O5. The second kappa shape index (κ2) is 14.1. The molecule has 12 heteroatoms. The molecule has 4 aromatic rings. The zero-order valence-corrected chi connectivity index (χ0v) is 25.1. The minimum atomic E-state index is -1.23. The smallest absolute Gasteiger partial charge is 0.410 e. The Labute approximate surface area is 256 Å². The molecule has 1 fully saturated rings. The molecule has 1 atom stereocenters. The van der Waals surface area contributed by atoms with E-state index in [2.05, 4.69) is 20.2 Å². The lowest BCUT2D eigenvalue weighted by Crippen LogP contribution is -2.25. The largest absolute Gasteiger partial charge is 0.497 e. The summed E-state index contributed by atoms with van der Waals surface area (Å²) in [6.07, 6.45) is 1.36. The summed E-state index contributed by atoms with van der Waals surface area (Å²) in [5.74, 6) is 3.17. The van der Waals surface area contributed by atoms with Crippen molar-refractivity contribution in [2.45, 2.75) is 33.0 Å². The van der Waals surface area contributed by atoms with Gasteiger partial charge in [-0.3, -0.25) is 10.2 Å². The highest BCUT2D eigenvalue weighted by Crippen LogP contribution is 2.29. The number of aromatic nitrogens is 4. The van der Waals surface area contributed by atoms with Crippen LogP contribution < -0.4 is 19.7 Å². The lowest BCUT2D eigenvalue weighted by molar-refractivity contribution is 0.209. The third-order valence-corrected chi connectivity index (χ3v) is 7.53. The van der Waals surface area contributed by atoms with Crippen molar-refractivity contribution in [2.75, 3.05) is 44.1 Å². The molecule has 0 unspecified atom stereocenters. The minimum absolute atomic E-state index is 0.143. The van der Waals surface area contributed by atoms with Crippen LogP contribution in [0.4, 0.5) is 16.6 Å². The number of nitrogens with one attached hydrogen (secondary N) is 1. The molecule has 3 N–H and O–H groups in total. The fourth-order valence-electron chi connectivity index (χ4n) is 5.26. The summed E-state index contributed by atoms with van der Waals surface area (Å²) in [6.45, 7) is 5.23. The first-order valence-electron chi connectivity index (χ1n) is 14.4. The van der Waals surface area contributed by atoms with Crippen LogP contribution in [0.3, 0.4) is 0 Å². The van der Waals surface area contributed by atoms with Crippen molar-refractivity contribution in [3.8, 4) is 22.9 Å². The Hall–Kier alpha value is -4.81. The van der Waals surface area contributed by atoms with Crippen LogP contribution in [0.15, 0.2) is 60.8 Å². The Kier molecular flexibility index (Phi) is 9.82. The highest BCUT2D eigenvalue weighted by atomic mass is 16.5. The third kappa shape index (κ3) is 7.77. The van der Waals surface area contributed by atoms with E-state index in [9.17, 15) is 15.0 Å². The Morgan fingerprint density at radius 3 is 2.16 bits per heavy atom. The monoisotopic (exact) mass is 599 g/mol. The minimum Gasteiger partial charge on any atom is -0.497 e. The van der Waals surface area contributed by atoms with E-state index in [-0.39, 0.29) is 18.3 Å². The third-order valence-electron chi connectivity index (χ3n) is 7.53. The maximum atomic E-state index is 11.7. The zero-order chi connectivity index (χ0) is 31.1. The highest BCUT2D eigenvalue weighted by molar-refractivity contribution is 5.87. The van der Waals surface area contributed by atoms with Gasteiger partial charge >= 0.3 is 6.09 Å². The van der Waals surface area contributed by atoms with E-state index in [1.165, 1.54) is 0 Å². The van der Waals surface area contributed by atoms with Crippen molar-refractivity contribution >= 4 is 17.9 Å². The van der Waals surface area contributed by atoms with Crippen LogP contribution in [0.1, 0.15) is 28.9 Å². The predicted molar refractivity (Wildman–Crippen MR) is 166 cm³/mol. The second-order valence-electron chi connectivity index (χ2n) is 10.8. The number of carbonyl (C=O) groups is 1. The normalized spacial score (nSPS) is 14.8. The number of ether oxygens (including phenoxy) is 2. The molecule has 2 aromatic carbocycles. The van der Waals surface area contributed by atoms with Gasteiger partial charge in [-0.1, -0.05) is 24.3 Å². The Morgan fingerprint density at radius 2 is 1.61 bits per heavy atom. The van der Waals surface area contributed by atoms with E-state index in [1.807, 2.05) is 59.5 Å². The Morgan fingerprint density at radius 1 is 0.977 bits per heavy atom. The SMILES string of the molecule is COc1ccc(CN(Cc2ccc(OC)cc2)c2nc(C)nc(-c3cc(CN4CC[C@@H](CO)C4)cnc3NC(=O)O)n2)cc1. The lowest BCUT2D eigenvalue weighted by atomic mass is 10.1. The van der Waals surface area contributed by atoms with Gasteiger partial charge in [-0.25, -0.2) is 14.8 Å². The predicted octanol–water partition coefficient (Wildman–Crippen LogP) is 4.37. The van der Waals surface area contributed by atoms with Gasteiger partial charge in [0.15, 0.2) is 5.82 Å². The molecule has 1 aliphatic rings. The molecule has 1 aliphatic heterocycles. The summed E-state index contributed by atoms with van der Waals surface area (Å²) in [6, 6.07) is 17.5. The first-order chi connectivity index (χ1) is 21.3. The quantitative estimate of drug-likeness (QED) is 0.213. The van der Waals surface area contributed by atoms with E-state index < -0.39 is 6.09 Å². The number of aliphatic hydroxyl groups excluding tert-OH is 1. The maximum absolute atomic E-state index is 11.7. The number of carboxylic acid groups (broad SMARTS) is 1. The number of hydrogen-bond donors (Lipinski definition) is 3. The number of amides is 1. The molecule has 0 spiro atoms. The lowest BCUT2D eigenvalue weighted by Gasteiger charge is -2.24. The van der Waals surface area contributed by atoms with Crippen LogP contribution >= 0.6 is 0 Å². The molecule has 2 aromatic heterocycles. The van der Waals surface area contributed by atoms with E-state index in [1.54, 1.807) is 27.3 Å². The topological polar surface area (TPSA) is 146 Å². The number of pyridine rings is 1. The molecule has 1 saturated heterocycles. The fourth-order valence-corrected chi connectivity index (χ4v) is 5.26. The molecule has 0 aliphatic carbocycles. The van der Waals surface area contributed by atoms with Gasteiger partial charge in [0.2, 0.25) is 5.95 Å². The van der Waals surface area contributed by atoms with Crippen LogP contribution in [-0.4, -0.2) is 75.1 Å². The first-order valence-corrected chi connectivity index (χ1v) is 14.4. The van der Waals surface area contributed by atoms with Crippen molar-refractivity contribution in [1.29, 1.82) is 0 Å². The number of benzene rings is 2. The molecule has 44 heavy (non-hydrogen) atoms. The summed E-state index contributed by atoms with van der Waals surface area (Å²) in [5.41, 5.74) is 3.41. The Balaban J connectivity index is 1.51. The number of aryl methyl sites for hydroxylation is 1. The van der Waals surface area contributed by atoms with Gasteiger partial charge < -0.3 is 24.6 Å². The molecule has 5 rings (SSSR count).